The van der Waals surface area contributed by atoms with Crippen LogP contribution >= 0.6 is 0 Å². The van der Waals surface area contributed by atoms with Crippen LogP contribution in [0.1, 0.15) is 36.3 Å². The molecule has 1 nitrogen and oxygen atoms in total. The van der Waals surface area contributed by atoms with Gasteiger partial charge in [-0.3, -0.25) is 0 Å². The zero-order valence-corrected chi connectivity index (χ0v) is 8.03. The Hall–Kier alpha value is -0.820. The Kier molecular flexibility index (Phi) is 2.36. The average Bonchev–Trinajstić information content (AvgIpc) is 2.51. The molecule has 2 rings (SSSR count). The first kappa shape index (κ1) is 8.76. The molecule has 0 saturated heterocycles. The molecule has 2 atom stereocenters. The quantitative estimate of drug-likeness (QED) is 0.697. The van der Waals surface area contributed by atoms with E-state index in [-0.39, 0.29) is 6.10 Å². The predicted molar refractivity (Wildman–Crippen MR) is 53.8 cm³/mol. The first-order valence-electron chi connectivity index (χ1n) is 5.02. The summed E-state index contributed by atoms with van der Waals surface area (Å²) in [7, 11) is 0. The van der Waals surface area contributed by atoms with Crippen molar-refractivity contribution in [3.8, 4) is 0 Å². The topological polar surface area (TPSA) is 20.2 Å². The van der Waals surface area contributed by atoms with E-state index in [9.17, 15) is 5.11 Å². The van der Waals surface area contributed by atoms with Gasteiger partial charge < -0.3 is 5.11 Å². The zero-order valence-electron chi connectivity index (χ0n) is 8.03. The van der Waals surface area contributed by atoms with Crippen molar-refractivity contribution in [1.82, 2.24) is 0 Å². The molecule has 0 bridgehead atoms. The molecular weight excluding hydrogens is 160 g/mol. The molecule has 1 aromatic carbocycles. The summed E-state index contributed by atoms with van der Waals surface area (Å²) in [5, 5.41) is 9.73. The maximum absolute atomic E-state index is 9.73. The summed E-state index contributed by atoms with van der Waals surface area (Å²) in [6.07, 6.45) is 3.17. The first-order chi connectivity index (χ1) is 6.27. The molecule has 0 aliphatic heterocycles. The third kappa shape index (κ3) is 1.75. The molecule has 1 fully saturated rings. The number of rotatable bonds is 1. The van der Waals surface area contributed by atoms with Crippen LogP contribution in [0.3, 0.4) is 0 Å². The highest BCUT2D eigenvalue weighted by molar-refractivity contribution is 5.27. The second kappa shape index (κ2) is 3.51. The number of aliphatic hydroxyl groups is 1. The molecule has 0 radical (unpaired) electrons. The fourth-order valence-corrected chi connectivity index (χ4v) is 2.23. The first-order valence-corrected chi connectivity index (χ1v) is 5.02. The van der Waals surface area contributed by atoms with E-state index in [1.54, 1.807) is 0 Å². The van der Waals surface area contributed by atoms with Gasteiger partial charge in [0.15, 0.2) is 0 Å². The van der Waals surface area contributed by atoms with Crippen molar-refractivity contribution in [3.63, 3.8) is 0 Å². The van der Waals surface area contributed by atoms with Crippen LogP contribution in [0.2, 0.25) is 0 Å². The van der Waals surface area contributed by atoms with Crippen molar-refractivity contribution in [2.24, 2.45) is 0 Å². The van der Waals surface area contributed by atoms with Crippen LogP contribution in [-0.2, 0) is 0 Å². The predicted octanol–water partition coefficient (Wildman–Crippen LogP) is 2.62. The van der Waals surface area contributed by atoms with E-state index in [1.165, 1.54) is 17.5 Å². The molecule has 0 amide bonds. The summed E-state index contributed by atoms with van der Waals surface area (Å²) in [6, 6.07) is 8.51. The molecule has 2 unspecified atom stereocenters. The minimum absolute atomic E-state index is 0.109. The van der Waals surface area contributed by atoms with Crippen molar-refractivity contribution in [1.29, 1.82) is 0 Å². The van der Waals surface area contributed by atoms with E-state index >= 15 is 0 Å². The highest BCUT2D eigenvalue weighted by Crippen LogP contribution is 2.34. The standard InChI is InChI=1S/C12H16O/c1-9-4-2-5-10(8-9)11-6-3-7-12(11)13/h2,4-5,8,11-13H,3,6-7H2,1H3. The third-order valence-corrected chi connectivity index (χ3v) is 2.95. The molecule has 13 heavy (non-hydrogen) atoms. The van der Waals surface area contributed by atoms with E-state index in [2.05, 4.69) is 31.2 Å². The zero-order chi connectivity index (χ0) is 9.26. The Morgan fingerprint density at radius 1 is 1.31 bits per heavy atom. The summed E-state index contributed by atoms with van der Waals surface area (Å²) >= 11 is 0. The minimum Gasteiger partial charge on any atom is -0.392 e. The van der Waals surface area contributed by atoms with E-state index in [1.807, 2.05) is 0 Å². The van der Waals surface area contributed by atoms with Crippen LogP contribution in [0.25, 0.3) is 0 Å². The van der Waals surface area contributed by atoms with E-state index in [0.29, 0.717) is 5.92 Å². The molecule has 1 aliphatic rings. The van der Waals surface area contributed by atoms with Crippen molar-refractivity contribution in [2.45, 2.75) is 38.2 Å². The van der Waals surface area contributed by atoms with E-state index < -0.39 is 0 Å². The van der Waals surface area contributed by atoms with Gasteiger partial charge in [0, 0.05) is 5.92 Å². The molecule has 1 aromatic rings. The average molecular weight is 176 g/mol. The molecule has 0 spiro atoms. The van der Waals surface area contributed by atoms with Crippen molar-refractivity contribution < 1.29 is 5.11 Å². The summed E-state index contributed by atoms with van der Waals surface area (Å²) in [5.74, 6) is 0.389. The molecule has 0 heterocycles. The summed E-state index contributed by atoms with van der Waals surface area (Å²) in [6.45, 7) is 2.10. The summed E-state index contributed by atoms with van der Waals surface area (Å²) in [4.78, 5) is 0. The second-order valence-electron chi connectivity index (χ2n) is 4.02. The number of hydrogen-bond acceptors (Lipinski definition) is 1. The summed E-state index contributed by atoms with van der Waals surface area (Å²) < 4.78 is 0. The van der Waals surface area contributed by atoms with Gasteiger partial charge in [0.2, 0.25) is 0 Å². The van der Waals surface area contributed by atoms with Crippen LogP contribution in [0.4, 0.5) is 0 Å². The molecule has 70 valence electrons. The second-order valence-corrected chi connectivity index (χ2v) is 4.02. The van der Waals surface area contributed by atoms with Gasteiger partial charge in [-0.2, -0.15) is 0 Å². The Balaban J connectivity index is 2.24. The van der Waals surface area contributed by atoms with Gasteiger partial charge >= 0.3 is 0 Å². The largest absolute Gasteiger partial charge is 0.392 e. The number of aliphatic hydroxyl groups excluding tert-OH is 1. The Morgan fingerprint density at radius 3 is 2.77 bits per heavy atom. The Morgan fingerprint density at radius 2 is 2.15 bits per heavy atom. The van der Waals surface area contributed by atoms with Crippen LogP contribution < -0.4 is 0 Å². The molecule has 1 saturated carbocycles. The van der Waals surface area contributed by atoms with Gasteiger partial charge in [-0.05, 0) is 25.3 Å². The minimum atomic E-state index is -0.109. The Bertz CT molecular complexity index is 293. The lowest BCUT2D eigenvalue weighted by atomic mass is 9.95. The van der Waals surface area contributed by atoms with Crippen LogP contribution in [-0.4, -0.2) is 11.2 Å². The normalized spacial score (nSPS) is 27.8. The van der Waals surface area contributed by atoms with E-state index in [0.717, 1.165) is 12.8 Å². The van der Waals surface area contributed by atoms with Gasteiger partial charge in [-0.25, -0.2) is 0 Å². The highest BCUT2D eigenvalue weighted by Gasteiger charge is 2.26. The fraction of sp³-hybridized carbons (Fsp3) is 0.500. The molecule has 1 N–H and O–H groups in total. The maximum Gasteiger partial charge on any atom is 0.0608 e. The summed E-state index contributed by atoms with van der Waals surface area (Å²) in [5.41, 5.74) is 2.60. The van der Waals surface area contributed by atoms with Crippen molar-refractivity contribution >= 4 is 0 Å². The van der Waals surface area contributed by atoms with Crippen molar-refractivity contribution in [3.05, 3.63) is 35.4 Å². The molecule has 1 heteroatoms. The van der Waals surface area contributed by atoms with Gasteiger partial charge in [-0.15, -0.1) is 0 Å². The lowest BCUT2D eigenvalue weighted by Gasteiger charge is -2.14. The lowest BCUT2D eigenvalue weighted by Crippen LogP contribution is -2.10. The van der Waals surface area contributed by atoms with E-state index in [4.69, 9.17) is 0 Å². The number of hydrogen-bond donors (Lipinski definition) is 1. The Labute approximate surface area is 79.4 Å². The number of aryl methyl sites for hydroxylation is 1. The highest BCUT2D eigenvalue weighted by atomic mass is 16.3. The monoisotopic (exact) mass is 176 g/mol. The lowest BCUT2D eigenvalue weighted by molar-refractivity contribution is 0.164. The van der Waals surface area contributed by atoms with Gasteiger partial charge in [0.25, 0.3) is 0 Å². The van der Waals surface area contributed by atoms with Crippen molar-refractivity contribution in [2.75, 3.05) is 0 Å². The fourth-order valence-electron chi connectivity index (χ4n) is 2.23. The number of benzene rings is 1. The van der Waals surface area contributed by atoms with Gasteiger partial charge in [-0.1, -0.05) is 36.2 Å². The molecule has 0 aromatic heterocycles. The molecular formula is C12H16O. The van der Waals surface area contributed by atoms with Crippen LogP contribution in [0.15, 0.2) is 24.3 Å². The van der Waals surface area contributed by atoms with Gasteiger partial charge in [0.05, 0.1) is 6.10 Å². The van der Waals surface area contributed by atoms with Crippen LogP contribution in [0.5, 0.6) is 0 Å². The van der Waals surface area contributed by atoms with Crippen LogP contribution in [0, 0.1) is 6.92 Å². The smallest absolute Gasteiger partial charge is 0.0608 e. The third-order valence-electron chi connectivity index (χ3n) is 2.95. The SMILES string of the molecule is Cc1cccc(C2CCCC2O)c1. The van der Waals surface area contributed by atoms with Gasteiger partial charge in [0.1, 0.15) is 0 Å². The maximum atomic E-state index is 9.73. The molecule has 1 aliphatic carbocycles.